The number of Topliss-reactive ketones (excluding diaryl/α,β-unsaturated/α-hetero) is 3. The predicted octanol–water partition coefficient (Wildman–Crippen LogP) is 4.85. The lowest BCUT2D eigenvalue weighted by Gasteiger charge is -2.39. The molecule has 4 heteroatoms. The topological polar surface area (TPSA) is 71.4 Å². The molecule has 1 saturated carbocycles. The number of allylic oxidation sites excluding steroid dienone is 2. The first-order valence-corrected chi connectivity index (χ1v) is 9.97. The van der Waals surface area contributed by atoms with Gasteiger partial charge in [-0.1, -0.05) is 57.5 Å². The van der Waals surface area contributed by atoms with E-state index >= 15 is 0 Å². The highest BCUT2D eigenvalue weighted by Gasteiger charge is 2.48. The first-order valence-electron chi connectivity index (χ1n) is 9.97. The second kappa shape index (κ2) is 6.98. The van der Waals surface area contributed by atoms with Crippen LogP contribution in [0, 0.1) is 23.7 Å². The summed E-state index contributed by atoms with van der Waals surface area (Å²) in [4.78, 5) is 39.2. The van der Waals surface area contributed by atoms with Crippen LogP contribution in [0.1, 0.15) is 70.4 Å². The Bertz CT molecular complexity index is 852. The molecular weight excluding hydrogens is 352 g/mol. The Morgan fingerprint density at radius 1 is 0.929 bits per heavy atom. The van der Waals surface area contributed by atoms with Crippen molar-refractivity contribution < 1.29 is 19.5 Å². The predicted molar refractivity (Wildman–Crippen MR) is 108 cm³/mol. The molecule has 0 spiro atoms. The quantitative estimate of drug-likeness (QED) is 0.758. The summed E-state index contributed by atoms with van der Waals surface area (Å²) >= 11 is 0. The average Bonchev–Trinajstić information content (AvgIpc) is 2.49. The molecule has 0 aliphatic heterocycles. The van der Waals surface area contributed by atoms with Crippen molar-refractivity contribution in [3.05, 3.63) is 46.7 Å². The van der Waals surface area contributed by atoms with Gasteiger partial charge in [0.15, 0.2) is 5.78 Å². The average molecular weight is 383 g/mol. The second-order valence-corrected chi connectivity index (χ2v) is 10.1. The van der Waals surface area contributed by atoms with Crippen molar-refractivity contribution >= 4 is 17.3 Å². The minimum atomic E-state index is -0.905. The molecule has 28 heavy (non-hydrogen) atoms. The normalized spacial score (nSPS) is 23.8. The number of ketones is 3. The van der Waals surface area contributed by atoms with Crippen molar-refractivity contribution in [3.8, 4) is 0 Å². The van der Waals surface area contributed by atoms with Gasteiger partial charge in [0.05, 0.1) is 5.92 Å². The molecular formula is C24H30O4. The molecule has 4 nitrogen and oxygen atoms in total. The molecule has 150 valence electrons. The van der Waals surface area contributed by atoms with Gasteiger partial charge in [-0.05, 0) is 23.3 Å². The maximum atomic E-state index is 13.1. The molecule has 1 aromatic rings. The molecule has 0 aromatic heterocycles. The minimum absolute atomic E-state index is 0.0261. The molecule has 2 aliphatic rings. The van der Waals surface area contributed by atoms with E-state index in [0.717, 1.165) is 11.1 Å². The Kier molecular flexibility index (Phi) is 5.11. The van der Waals surface area contributed by atoms with Crippen LogP contribution >= 0.6 is 0 Å². The lowest BCUT2D eigenvalue weighted by atomic mass is 9.62. The van der Waals surface area contributed by atoms with E-state index in [2.05, 4.69) is 0 Å². The molecule has 1 aromatic carbocycles. The van der Waals surface area contributed by atoms with Gasteiger partial charge in [0.1, 0.15) is 17.3 Å². The number of hydrogen-bond acceptors (Lipinski definition) is 4. The Morgan fingerprint density at radius 3 is 2.04 bits per heavy atom. The van der Waals surface area contributed by atoms with Gasteiger partial charge >= 0.3 is 0 Å². The number of carbonyl (C=O) groups excluding carboxylic acids is 3. The van der Waals surface area contributed by atoms with E-state index in [1.165, 1.54) is 0 Å². The van der Waals surface area contributed by atoms with Crippen LogP contribution in [0.15, 0.2) is 35.6 Å². The number of carbonyl (C=O) groups is 3. The van der Waals surface area contributed by atoms with Crippen LogP contribution in [-0.4, -0.2) is 22.5 Å². The van der Waals surface area contributed by atoms with E-state index in [1.54, 1.807) is 0 Å². The zero-order valence-electron chi connectivity index (χ0n) is 17.5. The van der Waals surface area contributed by atoms with Crippen molar-refractivity contribution in [1.82, 2.24) is 0 Å². The highest BCUT2D eigenvalue weighted by atomic mass is 16.3. The number of aryl methyl sites for hydroxylation is 1. The van der Waals surface area contributed by atoms with E-state index in [0.29, 0.717) is 25.7 Å². The molecule has 3 rings (SSSR count). The molecule has 0 heterocycles. The Morgan fingerprint density at radius 2 is 1.50 bits per heavy atom. The summed E-state index contributed by atoms with van der Waals surface area (Å²) < 4.78 is 0. The summed E-state index contributed by atoms with van der Waals surface area (Å²) in [5.41, 5.74) is 1.31. The molecule has 0 unspecified atom stereocenters. The van der Waals surface area contributed by atoms with Crippen LogP contribution in [0.25, 0.3) is 0 Å². The first kappa shape index (κ1) is 20.5. The van der Waals surface area contributed by atoms with E-state index in [9.17, 15) is 19.5 Å². The number of hydrogen-bond donors (Lipinski definition) is 1. The summed E-state index contributed by atoms with van der Waals surface area (Å²) in [6, 6.07) is 7.58. The van der Waals surface area contributed by atoms with Gasteiger partial charge in [-0.3, -0.25) is 14.4 Å². The Labute approximate surface area is 167 Å². The third-order valence-corrected chi connectivity index (χ3v) is 5.94. The number of benzene rings is 1. The summed E-state index contributed by atoms with van der Waals surface area (Å²) in [6.07, 6.45) is 1.28. The van der Waals surface area contributed by atoms with Crippen LogP contribution in [0.5, 0.6) is 0 Å². The standard InChI is InChI=1S/C24H30O4/c1-14-7-6-8-15(9-14)20(21-16(25)10-23(2,3)11-17(21)26)22-18(27)12-24(4,5)13-19(22)28/h6-9,20-21,27H,10-13H2,1-5H3/t20-/m1/s1. The van der Waals surface area contributed by atoms with E-state index in [1.807, 2.05) is 58.9 Å². The van der Waals surface area contributed by atoms with Gasteiger partial charge in [-0.25, -0.2) is 0 Å². The van der Waals surface area contributed by atoms with E-state index in [4.69, 9.17) is 0 Å². The first-order chi connectivity index (χ1) is 12.9. The third kappa shape index (κ3) is 3.96. The van der Waals surface area contributed by atoms with Crippen molar-refractivity contribution in [2.75, 3.05) is 0 Å². The molecule has 0 radical (unpaired) electrons. The smallest absolute Gasteiger partial charge is 0.163 e. The van der Waals surface area contributed by atoms with Gasteiger partial charge in [0, 0.05) is 37.2 Å². The van der Waals surface area contributed by atoms with E-state index in [-0.39, 0.29) is 39.5 Å². The summed E-state index contributed by atoms with van der Waals surface area (Å²) in [6.45, 7) is 9.67. The maximum Gasteiger partial charge on any atom is 0.163 e. The number of aliphatic hydroxyl groups is 1. The molecule has 0 amide bonds. The number of aliphatic hydroxyl groups excluding tert-OH is 1. The van der Waals surface area contributed by atoms with Crippen molar-refractivity contribution in [2.45, 2.75) is 66.2 Å². The van der Waals surface area contributed by atoms with Crippen LogP contribution in [0.4, 0.5) is 0 Å². The Balaban J connectivity index is 2.16. The van der Waals surface area contributed by atoms with Crippen LogP contribution in [0.2, 0.25) is 0 Å². The van der Waals surface area contributed by atoms with Gasteiger partial charge in [-0.2, -0.15) is 0 Å². The molecule has 0 bridgehead atoms. The Hall–Kier alpha value is -2.23. The van der Waals surface area contributed by atoms with Crippen molar-refractivity contribution in [3.63, 3.8) is 0 Å². The van der Waals surface area contributed by atoms with Crippen LogP contribution in [0.3, 0.4) is 0 Å². The molecule has 1 atom stereocenters. The summed E-state index contributed by atoms with van der Waals surface area (Å²) in [5.74, 6) is -2.02. The fraction of sp³-hybridized carbons (Fsp3) is 0.542. The summed E-state index contributed by atoms with van der Waals surface area (Å²) in [7, 11) is 0. The second-order valence-electron chi connectivity index (χ2n) is 10.1. The molecule has 1 N–H and O–H groups in total. The van der Waals surface area contributed by atoms with Crippen molar-refractivity contribution in [2.24, 2.45) is 16.7 Å². The van der Waals surface area contributed by atoms with Crippen LogP contribution < -0.4 is 0 Å². The third-order valence-electron chi connectivity index (χ3n) is 5.94. The minimum Gasteiger partial charge on any atom is -0.512 e. The highest BCUT2D eigenvalue weighted by molar-refractivity contribution is 6.09. The fourth-order valence-electron chi connectivity index (χ4n) is 4.82. The largest absolute Gasteiger partial charge is 0.512 e. The fourth-order valence-corrected chi connectivity index (χ4v) is 4.82. The van der Waals surface area contributed by atoms with E-state index < -0.39 is 11.8 Å². The van der Waals surface area contributed by atoms with Gasteiger partial charge in [0.25, 0.3) is 0 Å². The molecule has 0 saturated heterocycles. The van der Waals surface area contributed by atoms with Gasteiger partial charge in [0.2, 0.25) is 0 Å². The SMILES string of the molecule is Cc1cccc([C@@H](C2=C(O)CC(C)(C)CC2=O)C2C(=O)CC(C)(C)CC2=O)c1. The maximum absolute atomic E-state index is 13.1. The zero-order valence-corrected chi connectivity index (χ0v) is 17.5. The van der Waals surface area contributed by atoms with Gasteiger partial charge in [-0.15, -0.1) is 0 Å². The highest BCUT2D eigenvalue weighted by Crippen LogP contribution is 2.47. The number of rotatable bonds is 3. The molecule has 2 aliphatic carbocycles. The van der Waals surface area contributed by atoms with Gasteiger partial charge < -0.3 is 5.11 Å². The van der Waals surface area contributed by atoms with Crippen molar-refractivity contribution in [1.29, 1.82) is 0 Å². The molecule has 1 fully saturated rings. The zero-order chi connectivity index (χ0) is 20.9. The lowest BCUT2D eigenvalue weighted by molar-refractivity contribution is -0.140. The summed E-state index contributed by atoms with van der Waals surface area (Å²) in [5, 5.41) is 10.8. The monoisotopic (exact) mass is 382 g/mol. The van der Waals surface area contributed by atoms with Crippen LogP contribution in [-0.2, 0) is 14.4 Å². The lowest BCUT2D eigenvalue weighted by Crippen LogP contribution is -2.43.